The molecule has 16 heavy (non-hydrogen) atoms. The van der Waals surface area contributed by atoms with E-state index in [4.69, 9.17) is 0 Å². The number of piperazine rings is 1. The van der Waals surface area contributed by atoms with Gasteiger partial charge in [0, 0.05) is 38.5 Å². The summed E-state index contributed by atoms with van der Waals surface area (Å²) in [5, 5.41) is 0. The molecule has 0 aromatic rings. The van der Waals surface area contributed by atoms with E-state index in [1.807, 2.05) is 11.8 Å². The van der Waals surface area contributed by atoms with Crippen molar-refractivity contribution in [2.75, 3.05) is 32.7 Å². The summed E-state index contributed by atoms with van der Waals surface area (Å²) in [5.41, 5.74) is 0. The molecule has 0 unspecified atom stereocenters. The minimum absolute atomic E-state index is 0.271. The first kappa shape index (κ1) is 13.1. The van der Waals surface area contributed by atoms with Crippen LogP contribution in [0.2, 0.25) is 0 Å². The third-order valence-electron chi connectivity index (χ3n) is 2.72. The van der Waals surface area contributed by atoms with Crippen LogP contribution in [0.15, 0.2) is 0 Å². The SMILES string of the molecule is CCC(=O)N1CCN(CC#CC(C)C)CC1. The summed E-state index contributed by atoms with van der Waals surface area (Å²) >= 11 is 0. The van der Waals surface area contributed by atoms with E-state index in [1.54, 1.807) is 0 Å². The van der Waals surface area contributed by atoms with Crippen LogP contribution >= 0.6 is 0 Å². The number of amides is 1. The second-order valence-corrected chi connectivity index (χ2v) is 4.49. The van der Waals surface area contributed by atoms with Gasteiger partial charge in [-0.25, -0.2) is 0 Å². The molecule has 0 aromatic carbocycles. The second kappa shape index (κ2) is 6.55. The van der Waals surface area contributed by atoms with Crippen LogP contribution in [-0.2, 0) is 4.79 Å². The van der Waals surface area contributed by atoms with Crippen LogP contribution in [0.5, 0.6) is 0 Å². The van der Waals surface area contributed by atoms with Crippen molar-refractivity contribution in [3.05, 3.63) is 0 Å². The first-order valence-electron chi connectivity index (χ1n) is 6.12. The average Bonchev–Trinajstić information content (AvgIpc) is 2.28. The van der Waals surface area contributed by atoms with Gasteiger partial charge < -0.3 is 4.90 Å². The van der Waals surface area contributed by atoms with Crippen molar-refractivity contribution < 1.29 is 4.79 Å². The van der Waals surface area contributed by atoms with Crippen molar-refractivity contribution in [2.24, 2.45) is 5.92 Å². The maximum absolute atomic E-state index is 11.5. The highest BCUT2D eigenvalue weighted by atomic mass is 16.2. The maximum atomic E-state index is 11.5. The minimum Gasteiger partial charge on any atom is -0.340 e. The lowest BCUT2D eigenvalue weighted by Crippen LogP contribution is -2.48. The van der Waals surface area contributed by atoms with E-state index in [1.165, 1.54) is 0 Å². The van der Waals surface area contributed by atoms with E-state index in [-0.39, 0.29) is 5.91 Å². The highest BCUT2D eigenvalue weighted by molar-refractivity contribution is 5.75. The van der Waals surface area contributed by atoms with E-state index >= 15 is 0 Å². The Morgan fingerprint density at radius 3 is 2.38 bits per heavy atom. The van der Waals surface area contributed by atoms with Gasteiger partial charge in [0.05, 0.1) is 6.54 Å². The number of carbonyl (C=O) groups excluding carboxylic acids is 1. The molecule has 1 heterocycles. The topological polar surface area (TPSA) is 23.6 Å². The number of rotatable bonds is 2. The fourth-order valence-corrected chi connectivity index (χ4v) is 1.74. The zero-order chi connectivity index (χ0) is 12.0. The second-order valence-electron chi connectivity index (χ2n) is 4.49. The quantitative estimate of drug-likeness (QED) is 0.655. The summed E-state index contributed by atoms with van der Waals surface area (Å²) in [6.07, 6.45) is 0.618. The molecule has 1 aliphatic heterocycles. The molecule has 0 aliphatic carbocycles. The van der Waals surface area contributed by atoms with E-state index in [0.717, 1.165) is 32.7 Å². The van der Waals surface area contributed by atoms with Crippen molar-refractivity contribution in [3.63, 3.8) is 0 Å². The molecule has 3 heteroatoms. The maximum Gasteiger partial charge on any atom is 0.222 e. The van der Waals surface area contributed by atoms with E-state index in [9.17, 15) is 4.79 Å². The Kier molecular flexibility index (Phi) is 5.34. The molecule has 0 aromatic heterocycles. The third kappa shape index (κ3) is 4.24. The molecule has 0 N–H and O–H groups in total. The molecule has 3 nitrogen and oxygen atoms in total. The van der Waals surface area contributed by atoms with Crippen molar-refractivity contribution in [2.45, 2.75) is 27.2 Å². The Balaban J connectivity index is 2.28. The summed E-state index contributed by atoms with van der Waals surface area (Å²) in [4.78, 5) is 15.7. The summed E-state index contributed by atoms with van der Waals surface area (Å²) in [6, 6.07) is 0. The molecular weight excluding hydrogens is 200 g/mol. The average molecular weight is 222 g/mol. The Hall–Kier alpha value is -1.01. The van der Waals surface area contributed by atoms with Crippen molar-refractivity contribution in [3.8, 4) is 11.8 Å². The summed E-state index contributed by atoms with van der Waals surface area (Å²) in [6.45, 7) is 10.6. The summed E-state index contributed by atoms with van der Waals surface area (Å²) in [7, 11) is 0. The van der Waals surface area contributed by atoms with Gasteiger partial charge in [-0.05, 0) is 0 Å². The van der Waals surface area contributed by atoms with E-state index in [2.05, 4.69) is 30.6 Å². The van der Waals surface area contributed by atoms with Crippen LogP contribution in [0, 0.1) is 17.8 Å². The lowest BCUT2D eigenvalue weighted by molar-refractivity contribution is -0.132. The molecule has 1 amide bonds. The third-order valence-corrected chi connectivity index (χ3v) is 2.72. The molecule has 0 radical (unpaired) electrons. The zero-order valence-electron chi connectivity index (χ0n) is 10.6. The Morgan fingerprint density at radius 2 is 1.88 bits per heavy atom. The molecule has 1 rings (SSSR count). The zero-order valence-corrected chi connectivity index (χ0v) is 10.6. The van der Waals surface area contributed by atoms with Crippen molar-refractivity contribution in [1.29, 1.82) is 0 Å². The van der Waals surface area contributed by atoms with Crippen LogP contribution in [0.25, 0.3) is 0 Å². The Morgan fingerprint density at radius 1 is 1.25 bits per heavy atom. The largest absolute Gasteiger partial charge is 0.340 e. The van der Waals surface area contributed by atoms with Crippen molar-refractivity contribution in [1.82, 2.24) is 9.80 Å². The van der Waals surface area contributed by atoms with E-state index < -0.39 is 0 Å². The number of hydrogen-bond donors (Lipinski definition) is 0. The minimum atomic E-state index is 0.271. The van der Waals surface area contributed by atoms with Gasteiger partial charge in [0.2, 0.25) is 5.91 Å². The molecule has 90 valence electrons. The predicted molar refractivity (Wildman–Crippen MR) is 65.9 cm³/mol. The Labute approximate surface area is 98.8 Å². The number of nitrogens with zero attached hydrogens (tertiary/aromatic N) is 2. The van der Waals surface area contributed by atoms with Gasteiger partial charge in [0.15, 0.2) is 0 Å². The molecule has 1 saturated heterocycles. The first-order chi connectivity index (χ1) is 7.63. The molecule has 1 aliphatic rings. The fraction of sp³-hybridized carbons (Fsp3) is 0.769. The van der Waals surface area contributed by atoms with Gasteiger partial charge in [0.1, 0.15) is 0 Å². The lowest BCUT2D eigenvalue weighted by Gasteiger charge is -2.33. The molecule has 1 fully saturated rings. The highest BCUT2D eigenvalue weighted by Gasteiger charge is 2.18. The van der Waals surface area contributed by atoms with Crippen LogP contribution < -0.4 is 0 Å². The predicted octanol–water partition coefficient (Wildman–Crippen LogP) is 1.20. The van der Waals surface area contributed by atoms with Crippen LogP contribution in [0.1, 0.15) is 27.2 Å². The molecule has 0 bridgehead atoms. The van der Waals surface area contributed by atoms with Crippen LogP contribution in [0.3, 0.4) is 0 Å². The van der Waals surface area contributed by atoms with Crippen LogP contribution in [0.4, 0.5) is 0 Å². The van der Waals surface area contributed by atoms with E-state index in [0.29, 0.717) is 12.3 Å². The van der Waals surface area contributed by atoms with Crippen LogP contribution in [-0.4, -0.2) is 48.4 Å². The molecule has 0 spiro atoms. The van der Waals surface area contributed by atoms with Gasteiger partial charge in [-0.15, -0.1) is 0 Å². The van der Waals surface area contributed by atoms with Gasteiger partial charge in [-0.2, -0.15) is 0 Å². The van der Waals surface area contributed by atoms with Gasteiger partial charge in [-0.3, -0.25) is 9.69 Å². The lowest BCUT2D eigenvalue weighted by atomic mass is 10.2. The highest BCUT2D eigenvalue weighted by Crippen LogP contribution is 2.02. The first-order valence-corrected chi connectivity index (χ1v) is 6.12. The fourth-order valence-electron chi connectivity index (χ4n) is 1.74. The number of hydrogen-bond acceptors (Lipinski definition) is 2. The van der Waals surface area contributed by atoms with Gasteiger partial charge in [-0.1, -0.05) is 32.6 Å². The van der Waals surface area contributed by atoms with Crippen molar-refractivity contribution >= 4 is 5.91 Å². The van der Waals surface area contributed by atoms with Gasteiger partial charge in [0.25, 0.3) is 0 Å². The monoisotopic (exact) mass is 222 g/mol. The molecule has 0 saturated carbocycles. The Bertz CT molecular complexity index is 280. The number of carbonyl (C=O) groups is 1. The standard InChI is InChI=1S/C13H22N2O/c1-4-13(16)15-10-8-14(9-11-15)7-5-6-12(2)3/h12H,4,7-11H2,1-3H3. The normalized spacial score (nSPS) is 17.1. The summed E-state index contributed by atoms with van der Waals surface area (Å²) < 4.78 is 0. The summed E-state index contributed by atoms with van der Waals surface area (Å²) in [5.74, 6) is 7.07. The smallest absolute Gasteiger partial charge is 0.222 e. The van der Waals surface area contributed by atoms with Gasteiger partial charge >= 0.3 is 0 Å². The molecule has 0 atom stereocenters. The molecular formula is C13H22N2O.